The van der Waals surface area contributed by atoms with Gasteiger partial charge in [-0.05, 0) is 6.07 Å². The Bertz CT molecular complexity index is 401. The Morgan fingerprint density at radius 3 is 2.71 bits per heavy atom. The second kappa shape index (κ2) is 4.25. The van der Waals surface area contributed by atoms with Crippen LogP contribution in [0.1, 0.15) is 5.56 Å². The number of ether oxygens (including phenoxy) is 1. The van der Waals surface area contributed by atoms with Gasteiger partial charge in [0.15, 0.2) is 11.6 Å². The minimum absolute atomic E-state index is 0.00659. The van der Waals surface area contributed by atoms with Gasteiger partial charge in [0.1, 0.15) is 10.8 Å². The first-order valence-electron chi connectivity index (χ1n) is 3.69. The molecule has 0 unspecified atom stereocenters. The van der Waals surface area contributed by atoms with Crippen molar-refractivity contribution in [3.8, 4) is 11.8 Å². The molecule has 0 bridgehead atoms. The molecule has 2 nitrogen and oxygen atoms in total. The lowest BCUT2D eigenvalue weighted by atomic mass is 10.1. The summed E-state index contributed by atoms with van der Waals surface area (Å²) in [6.07, 6.45) is -0.0832. The van der Waals surface area contributed by atoms with Crippen LogP contribution in [0.25, 0.3) is 0 Å². The van der Waals surface area contributed by atoms with Crippen LogP contribution in [0.15, 0.2) is 6.07 Å². The van der Waals surface area contributed by atoms with Gasteiger partial charge < -0.3 is 4.74 Å². The molecule has 1 aromatic rings. The average Bonchev–Trinajstić information content (AvgIpc) is 2.16. The van der Waals surface area contributed by atoms with Gasteiger partial charge in [-0.25, -0.2) is 8.78 Å². The van der Waals surface area contributed by atoms with Gasteiger partial charge in [0.2, 0.25) is 0 Å². The monoisotopic (exact) mass is 217 g/mol. The van der Waals surface area contributed by atoms with E-state index in [1.165, 1.54) is 7.11 Å². The number of benzene rings is 1. The van der Waals surface area contributed by atoms with Crippen molar-refractivity contribution < 1.29 is 13.5 Å². The highest BCUT2D eigenvalue weighted by atomic mass is 35.5. The van der Waals surface area contributed by atoms with Crippen LogP contribution in [0.4, 0.5) is 8.78 Å². The molecule has 0 aliphatic rings. The first kappa shape index (κ1) is 10.7. The van der Waals surface area contributed by atoms with Crippen LogP contribution < -0.4 is 4.74 Å². The molecular formula is C9H6ClF2NO. The molecule has 0 saturated heterocycles. The van der Waals surface area contributed by atoms with Gasteiger partial charge in [-0.2, -0.15) is 5.26 Å². The summed E-state index contributed by atoms with van der Waals surface area (Å²) < 4.78 is 30.6. The molecule has 0 radical (unpaired) electrons. The van der Waals surface area contributed by atoms with Crippen molar-refractivity contribution in [2.75, 3.05) is 7.11 Å². The number of halogens is 3. The lowest BCUT2D eigenvalue weighted by Crippen LogP contribution is -1.97. The van der Waals surface area contributed by atoms with E-state index in [2.05, 4.69) is 0 Å². The summed E-state index contributed by atoms with van der Waals surface area (Å²) >= 11 is 5.49. The highest BCUT2D eigenvalue weighted by Crippen LogP contribution is 2.32. The predicted molar refractivity (Wildman–Crippen MR) is 47.2 cm³/mol. The van der Waals surface area contributed by atoms with Crippen LogP contribution in [0.3, 0.4) is 0 Å². The first-order valence-corrected chi connectivity index (χ1v) is 4.07. The van der Waals surface area contributed by atoms with E-state index in [1.807, 2.05) is 0 Å². The molecule has 0 amide bonds. The highest BCUT2D eigenvalue weighted by molar-refractivity contribution is 6.32. The normalized spacial score (nSPS) is 9.64. The summed E-state index contributed by atoms with van der Waals surface area (Å²) in [6.45, 7) is 0. The lowest BCUT2D eigenvalue weighted by molar-refractivity contribution is 0.402. The second-order valence-corrected chi connectivity index (χ2v) is 2.89. The number of nitrogens with zero attached hydrogens (tertiary/aromatic N) is 1. The zero-order chi connectivity index (χ0) is 10.7. The maximum atomic E-state index is 12.9. The standard InChI is InChI=1S/C9H6ClF2NO/c1-14-9-5(2-3-13)4-6(11)8(12)7(9)10/h4H,2H2,1H3. The summed E-state index contributed by atoms with van der Waals surface area (Å²) in [5, 5.41) is 7.99. The Hall–Kier alpha value is -1.34. The molecule has 1 rings (SSSR count). The third-order valence-electron chi connectivity index (χ3n) is 1.67. The average molecular weight is 218 g/mol. The van der Waals surface area contributed by atoms with E-state index in [-0.39, 0.29) is 17.7 Å². The molecule has 0 saturated carbocycles. The molecule has 0 aromatic heterocycles. The summed E-state index contributed by atoms with van der Waals surface area (Å²) in [7, 11) is 1.28. The Labute approximate surface area is 84.7 Å². The Balaban J connectivity index is 3.37. The number of nitriles is 1. The predicted octanol–water partition coefficient (Wildman–Crippen LogP) is 2.69. The lowest BCUT2D eigenvalue weighted by Gasteiger charge is -2.08. The van der Waals surface area contributed by atoms with E-state index in [9.17, 15) is 8.78 Å². The van der Waals surface area contributed by atoms with E-state index in [4.69, 9.17) is 21.6 Å². The van der Waals surface area contributed by atoms with Gasteiger partial charge in [-0.3, -0.25) is 0 Å². The van der Waals surface area contributed by atoms with E-state index < -0.39 is 16.7 Å². The van der Waals surface area contributed by atoms with Crippen molar-refractivity contribution in [3.63, 3.8) is 0 Å². The summed E-state index contributed by atoms with van der Waals surface area (Å²) in [4.78, 5) is 0. The van der Waals surface area contributed by atoms with Gasteiger partial charge in [0.25, 0.3) is 0 Å². The number of methoxy groups -OCH3 is 1. The van der Waals surface area contributed by atoms with E-state index in [0.29, 0.717) is 0 Å². The molecule has 0 atom stereocenters. The number of hydrogen-bond donors (Lipinski definition) is 0. The third-order valence-corrected chi connectivity index (χ3v) is 2.01. The molecule has 0 spiro atoms. The summed E-state index contributed by atoms with van der Waals surface area (Å²) in [5.74, 6) is -2.24. The van der Waals surface area contributed by atoms with Crippen molar-refractivity contribution in [3.05, 3.63) is 28.3 Å². The van der Waals surface area contributed by atoms with Crippen molar-refractivity contribution in [2.45, 2.75) is 6.42 Å². The van der Waals surface area contributed by atoms with Crippen molar-refractivity contribution >= 4 is 11.6 Å². The minimum Gasteiger partial charge on any atom is -0.495 e. The molecule has 0 aliphatic carbocycles. The fourth-order valence-corrected chi connectivity index (χ4v) is 1.35. The van der Waals surface area contributed by atoms with E-state index >= 15 is 0 Å². The van der Waals surface area contributed by atoms with Crippen LogP contribution >= 0.6 is 11.6 Å². The van der Waals surface area contributed by atoms with Gasteiger partial charge in [-0.1, -0.05) is 11.6 Å². The third kappa shape index (κ3) is 1.78. The molecule has 0 aliphatic heterocycles. The quantitative estimate of drug-likeness (QED) is 0.714. The highest BCUT2D eigenvalue weighted by Gasteiger charge is 2.17. The van der Waals surface area contributed by atoms with Crippen LogP contribution in [0.2, 0.25) is 5.02 Å². The summed E-state index contributed by atoms with van der Waals surface area (Å²) in [5.41, 5.74) is 0.235. The smallest absolute Gasteiger partial charge is 0.181 e. The van der Waals surface area contributed by atoms with Crippen LogP contribution in [0.5, 0.6) is 5.75 Å². The van der Waals surface area contributed by atoms with E-state index in [0.717, 1.165) is 6.07 Å². The number of hydrogen-bond acceptors (Lipinski definition) is 2. The SMILES string of the molecule is COc1c(CC#N)cc(F)c(F)c1Cl. The van der Waals surface area contributed by atoms with Crippen LogP contribution in [-0.2, 0) is 6.42 Å². The van der Waals surface area contributed by atoms with Crippen molar-refractivity contribution in [1.82, 2.24) is 0 Å². The van der Waals surface area contributed by atoms with Crippen molar-refractivity contribution in [2.24, 2.45) is 0 Å². The molecule has 5 heteroatoms. The molecule has 14 heavy (non-hydrogen) atoms. The zero-order valence-corrected chi connectivity index (χ0v) is 8.03. The number of rotatable bonds is 2. The molecule has 0 N–H and O–H groups in total. The fraction of sp³-hybridized carbons (Fsp3) is 0.222. The van der Waals surface area contributed by atoms with Gasteiger partial charge in [0.05, 0.1) is 19.6 Å². The molecule has 1 aromatic carbocycles. The Morgan fingerprint density at radius 2 is 2.21 bits per heavy atom. The topological polar surface area (TPSA) is 33.0 Å². The summed E-state index contributed by atoms with van der Waals surface area (Å²) in [6, 6.07) is 2.71. The van der Waals surface area contributed by atoms with Crippen LogP contribution in [-0.4, -0.2) is 7.11 Å². The largest absolute Gasteiger partial charge is 0.495 e. The minimum atomic E-state index is -1.16. The molecule has 0 fully saturated rings. The van der Waals surface area contributed by atoms with E-state index in [1.54, 1.807) is 6.07 Å². The van der Waals surface area contributed by atoms with Gasteiger partial charge in [-0.15, -0.1) is 0 Å². The van der Waals surface area contributed by atoms with Gasteiger partial charge in [0, 0.05) is 5.56 Å². The Kier molecular flexibility index (Phi) is 3.26. The van der Waals surface area contributed by atoms with Crippen LogP contribution in [0, 0.1) is 23.0 Å². The maximum Gasteiger partial charge on any atom is 0.181 e. The molecule has 74 valence electrons. The second-order valence-electron chi connectivity index (χ2n) is 2.51. The Morgan fingerprint density at radius 1 is 1.57 bits per heavy atom. The zero-order valence-electron chi connectivity index (χ0n) is 7.27. The maximum absolute atomic E-state index is 12.9. The molecular weight excluding hydrogens is 212 g/mol. The van der Waals surface area contributed by atoms with Gasteiger partial charge >= 0.3 is 0 Å². The van der Waals surface area contributed by atoms with Crippen molar-refractivity contribution in [1.29, 1.82) is 5.26 Å². The fourth-order valence-electron chi connectivity index (χ4n) is 1.06. The molecule has 0 heterocycles. The first-order chi connectivity index (χ1) is 6.61.